The molecule has 1 amide bonds. The summed E-state index contributed by atoms with van der Waals surface area (Å²) in [6.07, 6.45) is 3.67. The Morgan fingerprint density at radius 1 is 1.16 bits per heavy atom. The fourth-order valence-corrected chi connectivity index (χ4v) is 4.35. The normalized spacial score (nSPS) is 11.7. The van der Waals surface area contributed by atoms with E-state index in [9.17, 15) is 9.18 Å². The van der Waals surface area contributed by atoms with Gasteiger partial charge in [-0.05, 0) is 69.9 Å². The van der Waals surface area contributed by atoms with Gasteiger partial charge in [-0.2, -0.15) is 9.97 Å². The summed E-state index contributed by atoms with van der Waals surface area (Å²) in [4.78, 5) is 23.4. The van der Waals surface area contributed by atoms with E-state index in [0.29, 0.717) is 18.7 Å². The SMILES string of the molecule is CC(C)n1cc(-c2ccc3occc3c2)c2c(N)nc(Nc3ccc(C(=O)NCCN(C)C)cc3F)nc21. The van der Waals surface area contributed by atoms with Crippen molar-refractivity contribution in [2.24, 2.45) is 0 Å². The van der Waals surface area contributed by atoms with Gasteiger partial charge in [-0.25, -0.2) is 4.39 Å². The minimum Gasteiger partial charge on any atom is -0.464 e. The lowest BCUT2D eigenvalue weighted by Crippen LogP contribution is -2.31. The van der Waals surface area contributed by atoms with Gasteiger partial charge in [0.1, 0.15) is 22.9 Å². The van der Waals surface area contributed by atoms with Crippen molar-refractivity contribution in [1.29, 1.82) is 0 Å². The molecule has 9 nitrogen and oxygen atoms in total. The number of benzene rings is 2. The molecule has 0 spiro atoms. The fourth-order valence-electron chi connectivity index (χ4n) is 4.35. The van der Waals surface area contributed by atoms with Crippen LogP contribution in [0.2, 0.25) is 0 Å². The van der Waals surface area contributed by atoms with E-state index in [1.54, 1.807) is 12.3 Å². The molecule has 0 aliphatic rings. The zero-order valence-electron chi connectivity index (χ0n) is 21.7. The summed E-state index contributed by atoms with van der Waals surface area (Å²) in [6, 6.07) is 12.2. The second-order valence-corrected chi connectivity index (χ2v) is 9.73. The van der Waals surface area contributed by atoms with Crippen molar-refractivity contribution < 1.29 is 13.6 Å². The van der Waals surface area contributed by atoms with Crippen molar-refractivity contribution in [2.75, 3.05) is 38.2 Å². The zero-order valence-corrected chi connectivity index (χ0v) is 21.7. The Bertz CT molecular complexity index is 1640. The molecule has 0 bridgehead atoms. The van der Waals surface area contributed by atoms with Gasteiger partial charge >= 0.3 is 0 Å². The van der Waals surface area contributed by atoms with Crippen LogP contribution < -0.4 is 16.4 Å². The number of furan rings is 1. The standard InChI is InChI=1S/C28H30FN7O2/c1-16(2)36-15-20(17-6-8-23-18(13-17)9-12-38-23)24-25(30)33-28(34-26(24)36)32-22-7-5-19(14-21(22)29)27(37)31-10-11-35(3)4/h5-9,12-16H,10-11H2,1-4H3,(H,31,37)(H3,30,32,33,34). The van der Waals surface area contributed by atoms with Crippen LogP contribution in [-0.4, -0.2) is 52.5 Å². The van der Waals surface area contributed by atoms with Crippen LogP contribution in [0.5, 0.6) is 0 Å². The van der Waals surface area contributed by atoms with Gasteiger partial charge in [0.05, 0.1) is 17.3 Å². The van der Waals surface area contributed by atoms with Gasteiger partial charge in [0.2, 0.25) is 5.95 Å². The lowest BCUT2D eigenvalue weighted by Gasteiger charge is -2.12. The number of nitrogens with zero attached hydrogens (tertiary/aromatic N) is 4. The van der Waals surface area contributed by atoms with Crippen molar-refractivity contribution in [2.45, 2.75) is 19.9 Å². The molecule has 0 atom stereocenters. The van der Waals surface area contributed by atoms with Crippen LogP contribution in [0.1, 0.15) is 30.2 Å². The van der Waals surface area contributed by atoms with E-state index < -0.39 is 5.82 Å². The first-order chi connectivity index (χ1) is 18.2. The number of anilines is 3. The number of rotatable bonds is 8. The molecule has 196 valence electrons. The highest BCUT2D eigenvalue weighted by molar-refractivity contribution is 6.02. The molecule has 3 aromatic heterocycles. The molecule has 4 N–H and O–H groups in total. The largest absolute Gasteiger partial charge is 0.464 e. The number of likely N-dealkylation sites (N-methyl/N-ethyl adjacent to an activating group) is 1. The van der Waals surface area contributed by atoms with E-state index in [1.165, 1.54) is 12.1 Å². The maximum absolute atomic E-state index is 14.9. The molecule has 0 aliphatic carbocycles. The number of aromatic nitrogens is 3. The fraction of sp³-hybridized carbons (Fsp3) is 0.250. The molecule has 38 heavy (non-hydrogen) atoms. The molecular weight excluding hydrogens is 485 g/mol. The van der Waals surface area contributed by atoms with Crippen molar-refractivity contribution in [1.82, 2.24) is 24.8 Å². The summed E-state index contributed by atoms with van der Waals surface area (Å²) in [5.41, 5.74) is 10.1. The summed E-state index contributed by atoms with van der Waals surface area (Å²) in [6.45, 7) is 5.26. The number of halogens is 1. The van der Waals surface area contributed by atoms with Crippen LogP contribution in [0.25, 0.3) is 33.1 Å². The molecule has 10 heteroatoms. The van der Waals surface area contributed by atoms with E-state index in [1.807, 2.05) is 54.0 Å². The monoisotopic (exact) mass is 515 g/mol. The summed E-state index contributed by atoms with van der Waals surface area (Å²) in [5, 5.41) is 7.40. The summed E-state index contributed by atoms with van der Waals surface area (Å²) in [7, 11) is 3.83. The third-order valence-electron chi connectivity index (χ3n) is 6.34. The Hall–Kier alpha value is -4.44. The molecule has 0 radical (unpaired) electrons. The topological polar surface area (TPSA) is 114 Å². The van der Waals surface area contributed by atoms with Crippen LogP contribution in [-0.2, 0) is 0 Å². The average Bonchev–Trinajstić information content (AvgIpc) is 3.49. The molecule has 5 aromatic rings. The van der Waals surface area contributed by atoms with Crippen LogP contribution in [0.15, 0.2) is 59.3 Å². The van der Waals surface area contributed by atoms with Gasteiger partial charge < -0.3 is 30.3 Å². The number of nitrogens with two attached hydrogens (primary N) is 1. The number of carbonyl (C=O) groups excluding carboxylic acids is 1. The number of carbonyl (C=O) groups is 1. The van der Waals surface area contributed by atoms with Gasteiger partial charge in [0, 0.05) is 41.8 Å². The highest BCUT2D eigenvalue weighted by atomic mass is 19.1. The number of amides is 1. The van der Waals surface area contributed by atoms with Crippen LogP contribution in [0, 0.1) is 5.82 Å². The first kappa shape index (κ1) is 25.2. The minimum atomic E-state index is -0.596. The Morgan fingerprint density at radius 2 is 1.97 bits per heavy atom. The van der Waals surface area contributed by atoms with Gasteiger partial charge in [0.25, 0.3) is 5.91 Å². The predicted octanol–water partition coefficient (Wildman–Crippen LogP) is 5.18. The lowest BCUT2D eigenvalue weighted by molar-refractivity contribution is 0.0950. The third kappa shape index (κ3) is 4.90. The Morgan fingerprint density at radius 3 is 2.71 bits per heavy atom. The van der Waals surface area contributed by atoms with E-state index in [0.717, 1.165) is 27.5 Å². The van der Waals surface area contributed by atoms with Gasteiger partial charge in [-0.3, -0.25) is 4.79 Å². The molecule has 0 fully saturated rings. The average molecular weight is 516 g/mol. The number of nitrogen functional groups attached to an aromatic ring is 1. The predicted molar refractivity (Wildman–Crippen MR) is 148 cm³/mol. The van der Waals surface area contributed by atoms with Gasteiger partial charge in [-0.1, -0.05) is 6.07 Å². The van der Waals surface area contributed by atoms with Crippen LogP contribution >= 0.6 is 0 Å². The number of hydrogen-bond acceptors (Lipinski definition) is 7. The second kappa shape index (κ2) is 10.1. The smallest absolute Gasteiger partial charge is 0.251 e. The summed E-state index contributed by atoms with van der Waals surface area (Å²) in [5.74, 6) is -0.499. The van der Waals surface area contributed by atoms with E-state index >= 15 is 0 Å². The molecule has 5 rings (SSSR count). The molecule has 0 saturated carbocycles. The Kier molecular flexibility index (Phi) is 6.73. The quantitative estimate of drug-likeness (QED) is 0.261. The third-order valence-corrected chi connectivity index (χ3v) is 6.34. The van der Waals surface area contributed by atoms with Crippen LogP contribution in [0.3, 0.4) is 0 Å². The highest BCUT2D eigenvalue weighted by Gasteiger charge is 2.20. The van der Waals surface area contributed by atoms with E-state index in [2.05, 4.69) is 29.5 Å². The molecule has 0 aliphatic heterocycles. The molecule has 0 saturated heterocycles. The van der Waals surface area contributed by atoms with Crippen molar-refractivity contribution in [3.8, 4) is 11.1 Å². The van der Waals surface area contributed by atoms with Gasteiger partial charge in [-0.15, -0.1) is 0 Å². The van der Waals surface area contributed by atoms with Crippen molar-refractivity contribution in [3.63, 3.8) is 0 Å². The first-order valence-corrected chi connectivity index (χ1v) is 12.4. The highest BCUT2D eigenvalue weighted by Crippen LogP contribution is 2.37. The summed E-state index contributed by atoms with van der Waals surface area (Å²) < 4.78 is 22.4. The van der Waals surface area contributed by atoms with Crippen LogP contribution in [0.4, 0.5) is 21.8 Å². The summed E-state index contributed by atoms with van der Waals surface area (Å²) >= 11 is 0. The van der Waals surface area contributed by atoms with E-state index in [-0.39, 0.29) is 35.0 Å². The molecular formula is C28H30FN7O2. The van der Waals surface area contributed by atoms with Gasteiger partial charge in [0.15, 0.2) is 0 Å². The number of nitrogens with one attached hydrogen (secondary N) is 2. The molecule has 3 heterocycles. The first-order valence-electron chi connectivity index (χ1n) is 12.4. The second-order valence-electron chi connectivity index (χ2n) is 9.73. The van der Waals surface area contributed by atoms with Crippen molar-refractivity contribution in [3.05, 3.63) is 66.3 Å². The Labute approximate surface area is 219 Å². The minimum absolute atomic E-state index is 0.0908. The maximum Gasteiger partial charge on any atom is 0.251 e. The number of fused-ring (bicyclic) bond motifs is 2. The maximum atomic E-state index is 14.9. The van der Waals surface area contributed by atoms with Crippen molar-refractivity contribution >= 4 is 45.4 Å². The molecule has 2 aromatic carbocycles. The zero-order chi connectivity index (χ0) is 27.0. The Balaban J connectivity index is 1.46. The number of hydrogen-bond donors (Lipinski definition) is 3. The lowest BCUT2D eigenvalue weighted by atomic mass is 10.0. The molecule has 0 unspecified atom stereocenters. The van der Waals surface area contributed by atoms with E-state index in [4.69, 9.17) is 15.1 Å².